The van der Waals surface area contributed by atoms with Crippen molar-refractivity contribution in [3.05, 3.63) is 77.7 Å². The van der Waals surface area contributed by atoms with E-state index in [2.05, 4.69) is 43.7 Å². The summed E-state index contributed by atoms with van der Waals surface area (Å²) in [5.74, 6) is 0.909. The van der Waals surface area contributed by atoms with Gasteiger partial charge in [0.15, 0.2) is 0 Å². The molecule has 1 N–H and O–H groups in total. The van der Waals surface area contributed by atoms with Crippen molar-refractivity contribution in [3.63, 3.8) is 0 Å². The van der Waals surface area contributed by atoms with Gasteiger partial charge in [0, 0.05) is 43.0 Å². The number of aryl methyl sites for hydroxylation is 3. The average Bonchev–Trinajstić information content (AvgIpc) is 3.39. The molecule has 0 aliphatic rings. The Kier molecular flexibility index (Phi) is 6.16. The highest BCUT2D eigenvalue weighted by atomic mass is 16.5. The maximum atomic E-state index is 12.1. The molecule has 0 saturated carbocycles. The highest BCUT2D eigenvalue weighted by Crippen LogP contribution is 2.15. The zero-order valence-corrected chi connectivity index (χ0v) is 17.6. The lowest BCUT2D eigenvalue weighted by atomic mass is 10.1. The van der Waals surface area contributed by atoms with Crippen LogP contribution in [0.15, 0.2) is 59.4 Å². The number of nitrogens with zero attached hydrogens (tertiary/aromatic N) is 5. The standard InChI is InChI=1S/C23H24N6O2/c1-16-15-17(2)29(27-16)20-5-3-18(4-6-20)9-14-25-21(30)7-8-22-26-23(28-31-22)19-10-12-24-13-11-19/h3-6,10-13,15H,7-9,14H2,1-2H3,(H,25,30). The fourth-order valence-corrected chi connectivity index (χ4v) is 3.32. The Bertz CT molecular complexity index is 1150. The smallest absolute Gasteiger partial charge is 0.227 e. The van der Waals surface area contributed by atoms with Crippen molar-refractivity contribution in [3.8, 4) is 17.1 Å². The SMILES string of the molecule is Cc1cc(C)n(-c2ccc(CCNC(=O)CCc3nc(-c4ccncc4)no3)cc2)n1. The molecule has 1 aromatic carbocycles. The zero-order valence-electron chi connectivity index (χ0n) is 17.6. The first-order chi connectivity index (χ1) is 15.1. The summed E-state index contributed by atoms with van der Waals surface area (Å²) in [6, 6.07) is 13.9. The van der Waals surface area contributed by atoms with E-state index in [-0.39, 0.29) is 5.91 Å². The van der Waals surface area contributed by atoms with Crippen LogP contribution in [0.3, 0.4) is 0 Å². The lowest BCUT2D eigenvalue weighted by Gasteiger charge is -2.07. The number of benzene rings is 1. The fourth-order valence-electron chi connectivity index (χ4n) is 3.32. The third kappa shape index (κ3) is 5.22. The van der Waals surface area contributed by atoms with Crippen molar-refractivity contribution < 1.29 is 9.32 Å². The second-order valence-electron chi connectivity index (χ2n) is 7.35. The van der Waals surface area contributed by atoms with E-state index in [9.17, 15) is 4.79 Å². The van der Waals surface area contributed by atoms with E-state index in [1.165, 1.54) is 0 Å². The minimum absolute atomic E-state index is 0.0390. The van der Waals surface area contributed by atoms with E-state index in [0.29, 0.717) is 31.1 Å². The van der Waals surface area contributed by atoms with Gasteiger partial charge in [-0.25, -0.2) is 4.68 Å². The summed E-state index contributed by atoms with van der Waals surface area (Å²) in [6.45, 7) is 4.60. The lowest BCUT2D eigenvalue weighted by molar-refractivity contribution is -0.121. The van der Waals surface area contributed by atoms with Gasteiger partial charge in [0.05, 0.1) is 11.4 Å². The summed E-state index contributed by atoms with van der Waals surface area (Å²) in [7, 11) is 0. The zero-order chi connectivity index (χ0) is 21.6. The van der Waals surface area contributed by atoms with E-state index in [1.807, 2.05) is 42.8 Å². The molecule has 0 aliphatic heterocycles. The van der Waals surface area contributed by atoms with E-state index < -0.39 is 0 Å². The quantitative estimate of drug-likeness (QED) is 0.473. The van der Waals surface area contributed by atoms with E-state index >= 15 is 0 Å². The number of carbonyl (C=O) groups is 1. The van der Waals surface area contributed by atoms with Gasteiger partial charge in [0.1, 0.15) is 0 Å². The first-order valence-electron chi connectivity index (χ1n) is 10.2. The van der Waals surface area contributed by atoms with Crippen LogP contribution in [0.1, 0.15) is 29.3 Å². The van der Waals surface area contributed by atoms with Gasteiger partial charge in [0.2, 0.25) is 17.6 Å². The molecule has 4 rings (SSSR count). The number of amides is 1. The van der Waals surface area contributed by atoms with Gasteiger partial charge in [-0.3, -0.25) is 9.78 Å². The molecule has 0 aliphatic carbocycles. The summed E-state index contributed by atoms with van der Waals surface area (Å²) in [6.07, 6.45) is 4.81. The Labute approximate surface area is 180 Å². The van der Waals surface area contributed by atoms with Crippen LogP contribution < -0.4 is 5.32 Å². The van der Waals surface area contributed by atoms with Crippen molar-refractivity contribution in [2.24, 2.45) is 0 Å². The van der Waals surface area contributed by atoms with Gasteiger partial charge < -0.3 is 9.84 Å². The summed E-state index contributed by atoms with van der Waals surface area (Å²) in [5, 5.41) is 11.4. The minimum atomic E-state index is -0.0390. The molecule has 0 unspecified atom stereocenters. The number of hydrogen-bond donors (Lipinski definition) is 1. The molecule has 158 valence electrons. The molecule has 8 nitrogen and oxygen atoms in total. The third-order valence-electron chi connectivity index (χ3n) is 4.90. The van der Waals surface area contributed by atoms with Gasteiger partial charge in [-0.2, -0.15) is 10.1 Å². The van der Waals surface area contributed by atoms with Crippen LogP contribution in [0.4, 0.5) is 0 Å². The molecule has 3 aromatic heterocycles. The number of hydrogen-bond acceptors (Lipinski definition) is 6. The van der Waals surface area contributed by atoms with Gasteiger partial charge in [-0.05, 0) is 56.2 Å². The molecule has 0 bridgehead atoms. The van der Waals surface area contributed by atoms with Crippen molar-refractivity contribution in [2.45, 2.75) is 33.1 Å². The molecule has 8 heteroatoms. The second-order valence-corrected chi connectivity index (χ2v) is 7.35. The summed E-state index contributed by atoms with van der Waals surface area (Å²) >= 11 is 0. The predicted molar refractivity (Wildman–Crippen MR) is 116 cm³/mol. The van der Waals surface area contributed by atoms with Gasteiger partial charge in [0.25, 0.3) is 0 Å². The molecule has 0 spiro atoms. The fraction of sp³-hybridized carbons (Fsp3) is 0.261. The van der Waals surface area contributed by atoms with Crippen LogP contribution in [-0.4, -0.2) is 37.4 Å². The summed E-state index contributed by atoms with van der Waals surface area (Å²) in [5.41, 5.74) is 5.12. The minimum Gasteiger partial charge on any atom is -0.356 e. The summed E-state index contributed by atoms with van der Waals surface area (Å²) < 4.78 is 7.16. The Morgan fingerprint density at radius 1 is 1.06 bits per heavy atom. The maximum absolute atomic E-state index is 12.1. The van der Waals surface area contributed by atoms with Crippen LogP contribution in [0.5, 0.6) is 0 Å². The number of carbonyl (C=O) groups excluding carboxylic acids is 1. The van der Waals surface area contributed by atoms with Crippen LogP contribution in [0.2, 0.25) is 0 Å². The molecule has 0 atom stereocenters. The predicted octanol–water partition coefficient (Wildman–Crippen LogP) is 3.23. The average molecular weight is 416 g/mol. The molecule has 0 radical (unpaired) electrons. The van der Waals surface area contributed by atoms with E-state index in [1.54, 1.807) is 12.4 Å². The van der Waals surface area contributed by atoms with Crippen molar-refractivity contribution in [2.75, 3.05) is 6.54 Å². The molecule has 1 amide bonds. The highest BCUT2D eigenvalue weighted by Gasteiger charge is 2.10. The van der Waals surface area contributed by atoms with E-state index in [4.69, 9.17) is 4.52 Å². The molecule has 31 heavy (non-hydrogen) atoms. The largest absolute Gasteiger partial charge is 0.356 e. The highest BCUT2D eigenvalue weighted by molar-refractivity contribution is 5.76. The lowest BCUT2D eigenvalue weighted by Crippen LogP contribution is -2.25. The van der Waals surface area contributed by atoms with Crippen molar-refractivity contribution >= 4 is 5.91 Å². The number of nitrogens with one attached hydrogen (secondary N) is 1. The summed E-state index contributed by atoms with van der Waals surface area (Å²) in [4.78, 5) is 20.4. The molecule has 0 saturated heterocycles. The van der Waals surface area contributed by atoms with Crippen LogP contribution in [0.25, 0.3) is 17.1 Å². The monoisotopic (exact) mass is 416 g/mol. The Hall–Kier alpha value is -3.81. The van der Waals surface area contributed by atoms with Crippen LogP contribution in [-0.2, 0) is 17.6 Å². The Morgan fingerprint density at radius 3 is 2.55 bits per heavy atom. The maximum Gasteiger partial charge on any atom is 0.227 e. The van der Waals surface area contributed by atoms with Crippen LogP contribution >= 0.6 is 0 Å². The Morgan fingerprint density at radius 2 is 1.84 bits per heavy atom. The molecule has 4 aromatic rings. The topological polar surface area (TPSA) is 98.7 Å². The second kappa shape index (κ2) is 9.34. The van der Waals surface area contributed by atoms with Crippen LogP contribution in [0, 0.1) is 13.8 Å². The third-order valence-corrected chi connectivity index (χ3v) is 4.90. The van der Waals surface area contributed by atoms with Crippen molar-refractivity contribution in [1.29, 1.82) is 0 Å². The first-order valence-corrected chi connectivity index (χ1v) is 10.2. The normalized spacial score (nSPS) is 10.9. The molecular weight excluding hydrogens is 392 g/mol. The first kappa shape index (κ1) is 20.5. The van der Waals surface area contributed by atoms with Crippen molar-refractivity contribution in [1.82, 2.24) is 30.2 Å². The number of aromatic nitrogens is 5. The molecular formula is C23H24N6O2. The number of pyridine rings is 1. The number of rotatable bonds is 8. The Balaban J connectivity index is 1.22. The van der Waals surface area contributed by atoms with Gasteiger partial charge >= 0.3 is 0 Å². The van der Waals surface area contributed by atoms with Gasteiger partial charge in [-0.15, -0.1) is 0 Å². The van der Waals surface area contributed by atoms with E-state index in [0.717, 1.165) is 34.6 Å². The molecule has 0 fully saturated rings. The van der Waals surface area contributed by atoms with Gasteiger partial charge in [-0.1, -0.05) is 17.3 Å². The molecule has 3 heterocycles.